The van der Waals surface area contributed by atoms with E-state index in [4.69, 9.17) is 9.47 Å². The molecule has 0 heterocycles. The summed E-state index contributed by atoms with van der Waals surface area (Å²) in [6.07, 6.45) is 83.8. The van der Waals surface area contributed by atoms with Crippen molar-refractivity contribution >= 4 is 11.9 Å². The van der Waals surface area contributed by atoms with Gasteiger partial charge in [-0.1, -0.05) is 237 Å². The van der Waals surface area contributed by atoms with Crippen molar-refractivity contribution in [1.29, 1.82) is 0 Å². The third-order valence-electron chi connectivity index (χ3n) is 10.6. The Morgan fingerprint density at radius 2 is 0.652 bits per heavy atom. The summed E-state index contributed by atoms with van der Waals surface area (Å²) in [5, 5.41) is 9.60. The van der Waals surface area contributed by atoms with Crippen LogP contribution in [0.5, 0.6) is 0 Å². The van der Waals surface area contributed by atoms with E-state index in [1.54, 1.807) is 0 Å². The third-order valence-corrected chi connectivity index (χ3v) is 10.6. The highest BCUT2D eigenvalue weighted by Gasteiger charge is 2.16. The van der Waals surface area contributed by atoms with Crippen LogP contribution in [0.3, 0.4) is 0 Å². The average Bonchev–Trinajstić information content (AvgIpc) is 3.32. The van der Waals surface area contributed by atoms with Crippen molar-refractivity contribution in [3.05, 3.63) is 146 Å². The van der Waals surface area contributed by atoms with Crippen LogP contribution in [0.15, 0.2) is 146 Å². The number of carbonyl (C=O) groups excluding carboxylic acids is 2. The predicted octanol–water partition coefficient (Wildman–Crippen LogP) is 17.9. The Hall–Kier alpha value is -4.22. The van der Waals surface area contributed by atoms with Crippen molar-refractivity contribution in [2.75, 3.05) is 13.2 Å². The van der Waals surface area contributed by atoms with E-state index < -0.39 is 6.10 Å². The Labute approximate surface area is 406 Å². The lowest BCUT2D eigenvalue weighted by atomic mass is 10.0. The summed E-state index contributed by atoms with van der Waals surface area (Å²) in [7, 11) is 0. The van der Waals surface area contributed by atoms with Crippen molar-refractivity contribution in [2.45, 2.75) is 213 Å². The third kappa shape index (κ3) is 52.4. The molecule has 370 valence electrons. The second-order valence-electron chi connectivity index (χ2n) is 16.9. The number of rotatable bonds is 46. The number of aliphatic hydroxyl groups excluding tert-OH is 1. The van der Waals surface area contributed by atoms with Crippen LogP contribution in [0.4, 0.5) is 0 Å². The first-order valence-electron chi connectivity index (χ1n) is 26.4. The molecule has 5 heteroatoms. The van der Waals surface area contributed by atoms with Crippen LogP contribution in [0.1, 0.15) is 206 Å². The van der Waals surface area contributed by atoms with Crippen LogP contribution in [0.2, 0.25) is 0 Å². The minimum absolute atomic E-state index is 0.0901. The first kappa shape index (κ1) is 61.8. The number of unbranched alkanes of at least 4 members (excludes halogenated alkanes) is 14. The molecule has 1 unspecified atom stereocenters. The zero-order valence-electron chi connectivity index (χ0n) is 42.1. The van der Waals surface area contributed by atoms with Crippen molar-refractivity contribution in [2.24, 2.45) is 0 Å². The molecule has 0 aliphatic rings. The van der Waals surface area contributed by atoms with Gasteiger partial charge in [-0.25, -0.2) is 0 Å². The fraction of sp³-hybridized carbons (Fsp3) is 0.574. The summed E-state index contributed by atoms with van der Waals surface area (Å²) in [6, 6.07) is 0. The second kappa shape index (κ2) is 55.1. The van der Waals surface area contributed by atoms with Crippen LogP contribution in [0.25, 0.3) is 0 Å². The van der Waals surface area contributed by atoms with E-state index in [2.05, 4.69) is 160 Å². The van der Waals surface area contributed by atoms with Gasteiger partial charge in [0, 0.05) is 12.8 Å². The van der Waals surface area contributed by atoms with Crippen LogP contribution in [0, 0.1) is 0 Å². The summed E-state index contributed by atoms with van der Waals surface area (Å²) < 4.78 is 10.6. The van der Waals surface area contributed by atoms with Gasteiger partial charge >= 0.3 is 11.9 Å². The van der Waals surface area contributed by atoms with E-state index in [-0.39, 0.29) is 25.2 Å². The van der Waals surface area contributed by atoms with Gasteiger partial charge in [0.1, 0.15) is 6.61 Å². The zero-order chi connectivity index (χ0) is 47.7. The Morgan fingerprint density at radius 1 is 0.364 bits per heavy atom. The van der Waals surface area contributed by atoms with Gasteiger partial charge in [0.15, 0.2) is 6.10 Å². The molecule has 0 radical (unpaired) electrons. The Balaban J connectivity index is 3.71. The van der Waals surface area contributed by atoms with Crippen LogP contribution in [-0.2, 0) is 19.1 Å². The van der Waals surface area contributed by atoms with Gasteiger partial charge < -0.3 is 14.6 Å². The van der Waals surface area contributed by atoms with Gasteiger partial charge in [-0.3, -0.25) is 9.59 Å². The molecule has 0 fully saturated rings. The normalized spacial score (nSPS) is 13.4. The molecule has 5 nitrogen and oxygen atoms in total. The molecule has 0 aliphatic heterocycles. The van der Waals surface area contributed by atoms with E-state index >= 15 is 0 Å². The minimum Gasteiger partial charge on any atom is -0.462 e. The largest absolute Gasteiger partial charge is 0.462 e. The fourth-order valence-corrected chi connectivity index (χ4v) is 6.71. The van der Waals surface area contributed by atoms with Crippen molar-refractivity contribution < 1.29 is 24.2 Å². The quantitative estimate of drug-likeness (QED) is 0.0374. The zero-order valence-corrected chi connectivity index (χ0v) is 42.1. The minimum atomic E-state index is -0.803. The fourth-order valence-electron chi connectivity index (χ4n) is 6.71. The predicted molar refractivity (Wildman–Crippen MR) is 287 cm³/mol. The molecule has 0 spiro atoms. The summed E-state index contributed by atoms with van der Waals surface area (Å²) in [6.45, 7) is 3.98. The number of ether oxygens (including phenoxy) is 2. The van der Waals surface area contributed by atoms with Crippen LogP contribution >= 0.6 is 0 Å². The Bertz CT molecular complexity index is 1450. The van der Waals surface area contributed by atoms with Crippen LogP contribution < -0.4 is 0 Å². The number of hydrogen-bond acceptors (Lipinski definition) is 5. The van der Waals surface area contributed by atoms with Gasteiger partial charge in [-0.15, -0.1) is 0 Å². The van der Waals surface area contributed by atoms with Crippen LogP contribution in [-0.4, -0.2) is 36.4 Å². The van der Waals surface area contributed by atoms with E-state index in [0.717, 1.165) is 116 Å². The number of aliphatic hydroxyl groups is 1. The van der Waals surface area contributed by atoms with Gasteiger partial charge in [0.25, 0.3) is 0 Å². The summed E-state index contributed by atoms with van der Waals surface area (Å²) in [4.78, 5) is 24.4. The highest BCUT2D eigenvalue weighted by Crippen LogP contribution is 2.14. The maximum absolute atomic E-state index is 12.2. The molecule has 1 atom stereocenters. The molecule has 0 aromatic rings. The van der Waals surface area contributed by atoms with Gasteiger partial charge in [0.05, 0.1) is 6.61 Å². The number of esters is 2. The maximum atomic E-state index is 12.2. The number of carbonyl (C=O) groups is 2. The topological polar surface area (TPSA) is 72.8 Å². The van der Waals surface area contributed by atoms with Gasteiger partial charge in [-0.2, -0.15) is 0 Å². The molecule has 0 aromatic carbocycles. The highest BCUT2D eigenvalue weighted by atomic mass is 16.6. The molecule has 0 bridgehead atoms. The molecule has 0 rings (SSSR count). The van der Waals surface area contributed by atoms with E-state index in [1.807, 2.05) is 0 Å². The monoisotopic (exact) mass is 909 g/mol. The van der Waals surface area contributed by atoms with Crippen molar-refractivity contribution in [3.63, 3.8) is 0 Å². The highest BCUT2D eigenvalue weighted by molar-refractivity contribution is 5.70. The van der Waals surface area contributed by atoms with E-state index in [0.29, 0.717) is 12.8 Å². The molecular weight excluding hydrogens is 813 g/mol. The average molecular weight is 909 g/mol. The molecule has 0 aromatic heterocycles. The lowest BCUT2D eigenvalue weighted by molar-refractivity contribution is -0.161. The molecule has 0 amide bonds. The second-order valence-corrected chi connectivity index (χ2v) is 16.9. The molecule has 0 saturated carbocycles. The van der Waals surface area contributed by atoms with Gasteiger partial charge in [-0.05, 0) is 103 Å². The smallest absolute Gasteiger partial charge is 0.306 e. The molecule has 0 aliphatic carbocycles. The summed E-state index contributed by atoms with van der Waals surface area (Å²) >= 11 is 0. The lowest BCUT2D eigenvalue weighted by Gasteiger charge is -2.15. The Kier molecular flexibility index (Phi) is 51.6. The van der Waals surface area contributed by atoms with Crippen molar-refractivity contribution in [1.82, 2.24) is 0 Å². The van der Waals surface area contributed by atoms with E-state index in [1.165, 1.54) is 64.2 Å². The SMILES string of the molecule is CC/C=C\C/C=C\C/C=C\C/C=C\C/C=C\C/C=C\C/C=C\C/C=C\C/C=C\C/C=C\C/C=C\C/C=C\CCCCC(=O)OC(CO)COC(=O)CCCCCCCCCCCCCCC. The number of allylic oxidation sites excluding steroid dienone is 24. The summed E-state index contributed by atoms with van der Waals surface area (Å²) in [5.41, 5.74) is 0. The van der Waals surface area contributed by atoms with Gasteiger partial charge in [0.2, 0.25) is 0 Å². The molecular formula is C61H96O5. The first-order valence-corrected chi connectivity index (χ1v) is 26.4. The maximum Gasteiger partial charge on any atom is 0.306 e. The summed E-state index contributed by atoms with van der Waals surface area (Å²) in [5.74, 6) is -0.650. The molecule has 0 saturated heterocycles. The van der Waals surface area contributed by atoms with Crippen molar-refractivity contribution in [3.8, 4) is 0 Å². The molecule has 66 heavy (non-hydrogen) atoms. The Morgan fingerprint density at radius 3 is 0.985 bits per heavy atom. The lowest BCUT2D eigenvalue weighted by Crippen LogP contribution is -2.28. The number of hydrogen-bond donors (Lipinski definition) is 1. The first-order chi connectivity index (χ1) is 32.6. The molecule has 1 N–H and O–H groups in total. The standard InChI is InChI=1S/C61H96O5/c1-3-5-7-9-11-13-15-17-18-19-20-21-22-23-24-25-26-27-28-29-30-31-32-33-34-35-36-37-38-39-40-41-42-44-46-48-50-52-54-56-61(64)66-59(57-62)58-65-60(63)55-53-51-49-47-45-43-16-14-12-10-8-6-4-2/h5,7,11,13,17-18,20-21,23-24,26-27,29-30,32-33,35-36,38-39,41-42,46,48,59,62H,3-4,6,8-10,12,14-16,19,22,25,28,31,34,37,40,43-45,47,49-58H2,1-2H3/b7-5-,13-11-,18-17-,21-20-,24-23-,27-26-,30-29-,33-32-,36-35-,39-38-,42-41-,48-46-. The van der Waals surface area contributed by atoms with E-state index in [9.17, 15) is 14.7 Å².